The van der Waals surface area contributed by atoms with Crippen LogP contribution in [0.2, 0.25) is 0 Å². The highest BCUT2D eigenvalue weighted by Gasteiger charge is 2.10. The Morgan fingerprint density at radius 1 is 1.33 bits per heavy atom. The summed E-state index contributed by atoms with van der Waals surface area (Å²) in [7, 11) is 0. The lowest BCUT2D eigenvalue weighted by Gasteiger charge is -2.07. The van der Waals surface area contributed by atoms with Crippen LogP contribution < -0.4 is 5.73 Å². The van der Waals surface area contributed by atoms with Gasteiger partial charge in [-0.2, -0.15) is 0 Å². The zero-order chi connectivity index (χ0) is 14.8. The first-order valence-electron chi connectivity index (χ1n) is 6.37. The number of hydrogen-bond donors (Lipinski definition) is 1. The molecule has 0 aliphatic heterocycles. The van der Waals surface area contributed by atoms with Crippen molar-refractivity contribution in [2.75, 3.05) is 0 Å². The third-order valence-electron chi connectivity index (χ3n) is 3.06. The average Bonchev–Trinajstić information content (AvgIpc) is 2.86. The van der Waals surface area contributed by atoms with Gasteiger partial charge >= 0.3 is 0 Å². The van der Waals surface area contributed by atoms with Crippen molar-refractivity contribution < 1.29 is 0 Å². The predicted octanol–water partition coefficient (Wildman–Crippen LogP) is 3.93. The molecule has 2 aromatic heterocycles. The van der Waals surface area contributed by atoms with E-state index in [-0.39, 0.29) is 0 Å². The van der Waals surface area contributed by atoms with E-state index in [9.17, 15) is 0 Å². The second kappa shape index (κ2) is 6.09. The van der Waals surface area contributed by atoms with E-state index in [0.717, 1.165) is 32.1 Å². The van der Waals surface area contributed by atoms with Gasteiger partial charge < -0.3 is 5.73 Å². The van der Waals surface area contributed by atoms with E-state index in [1.807, 2.05) is 18.2 Å². The first kappa shape index (κ1) is 14.4. The SMILES string of the molecule is Cc1cc2c(SCc3ccccc3C(N)=S)ncnc2s1. The minimum atomic E-state index is 0.436. The molecule has 0 amide bonds. The number of aromatic nitrogens is 2. The molecule has 0 atom stereocenters. The first-order valence-corrected chi connectivity index (χ1v) is 8.58. The maximum absolute atomic E-state index is 5.78. The standard InChI is InChI=1S/C15H13N3S3/c1-9-6-12-14(17-8-18-15(12)21-9)20-7-10-4-2-3-5-11(10)13(16)19/h2-6,8H,7H2,1H3,(H2,16,19). The number of hydrogen-bond acceptors (Lipinski definition) is 5. The number of nitrogens with zero attached hydrogens (tertiary/aromatic N) is 2. The summed E-state index contributed by atoms with van der Waals surface area (Å²) in [4.78, 5) is 11.4. The molecule has 0 fully saturated rings. The van der Waals surface area contributed by atoms with Crippen LogP contribution in [0.15, 0.2) is 41.7 Å². The molecule has 0 bridgehead atoms. The Labute approximate surface area is 136 Å². The number of nitrogens with two attached hydrogens (primary N) is 1. The Hall–Kier alpha value is -1.50. The monoisotopic (exact) mass is 331 g/mol. The van der Waals surface area contributed by atoms with Crippen LogP contribution >= 0.6 is 35.3 Å². The Kier molecular flexibility index (Phi) is 4.19. The molecule has 0 aliphatic carbocycles. The van der Waals surface area contributed by atoms with Crippen molar-refractivity contribution in [3.63, 3.8) is 0 Å². The summed E-state index contributed by atoms with van der Waals surface area (Å²) in [5.74, 6) is 0.786. The van der Waals surface area contributed by atoms with Gasteiger partial charge in [-0.05, 0) is 18.6 Å². The number of thioether (sulfide) groups is 1. The predicted molar refractivity (Wildman–Crippen MR) is 94.0 cm³/mol. The normalized spacial score (nSPS) is 10.9. The lowest BCUT2D eigenvalue weighted by molar-refractivity contribution is 1.11. The fourth-order valence-corrected chi connectivity index (χ4v) is 4.19. The molecule has 6 heteroatoms. The molecule has 106 valence electrons. The van der Waals surface area contributed by atoms with Crippen molar-refractivity contribution >= 4 is 50.5 Å². The quantitative estimate of drug-likeness (QED) is 0.446. The summed E-state index contributed by atoms with van der Waals surface area (Å²) < 4.78 is 0. The average molecular weight is 331 g/mol. The number of rotatable bonds is 4. The minimum Gasteiger partial charge on any atom is -0.389 e. The number of thiocarbonyl (C=S) groups is 1. The first-order chi connectivity index (χ1) is 10.1. The molecule has 0 saturated heterocycles. The third-order valence-corrected chi connectivity index (χ3v) is 5.30. The van der Waals surface area contributed by atoms with Crippen molar-refractivity contribution in [2.45, 2.75) is 17.7 Å². The van der Waals surface area contributed by atoms with E-state index in [1.54, 1.807) is 29.4 Å². The van der Waals surface area contributed by atoms with Crippen LogP contribution in [-0.4, -0.2) is 15.0 Å². The Balaban J connectivity index is 1.89. The van der Waals surface area contributed by atoms with Crippen molar-refractivity contribution in [3.05, 3.63) is 52.7 Å². The van der Waals surface area contributed by atoms with Gasteiger partial charge in [0.25, 0.3) is 0 Å². The smallest absolute Gasteiger partial charge is 0.128 e. The van der Waals surface area contributed by atoms with Crippen molar-refractivity contribution in [3.8, 4) is 0 Å². The van der Waals surface area contributed by atoms with Crippen molar-refractivity contribution in [2.24, 2.45) is 5.73 Å². The van der Waals surface area contributed by atoms with Gasteiger partial charge in [0.05, 0.1) is 0 Å². The van der Waals surface area contributed by atoms with Crippen LogP contribution in [0.3, 0.4) is 0 Å². The molecule has 0 spiro atoms. The van der Waals surface area contributed by atoms with Gasteiger partial charge in [-0.15, -0.1) is 23.1 Å². The summed E-state index contributed by atoms with van der Waals surface area (Å²) >= 11 is 8.48. The highest BCUT2D eigenvalue weighted by molar-refractivity contribution is 7.98. The Bertz CT molecular complexity index is 811. The highest BCUT2D eigenvalue weighted by atomic mass is 32.2. The largest absolute Gasteiger partial charge is 0.389 e. The van der Waals surface area contributed by atoms with E-state index in [1.165, 1.54) is 4.88 Å². The van der Waals surface area contributed by atoms with Crippen molar-refractivity contribution in [1.82, 2.24) is 9.97 Å². The molecule has 1 aromatic carbocycles. The summed E-state index contributed by atoms with van der Waals surface area (Å²) in [5, 5.41) is 2.12. The highest BCUT2D eigenvalue weighted by Crippen LogP contribution is 2.32. The van der Waals surface area contributed by atoms with E-state index in [4.69, 9.17) is 18.0 Å². The lowest BCUT2D eigenvalue weighted by atomic mass is 10.1. The summed E-state index contributed by atoms with van der Waals surface area (Å²) in [5.41, 5.74) is 7.85. The Morgan fingerprint density at radius 3 is 2.95 bits per heavy atom. The molecule has 0 saturated carbocycles. The van der Waals surface area contributed by atoms with Gasteiger partial charge in [-0.1, -0.05) is 36.5 Å². The van der Waals surface area contributed by atoms with Crippen LogP contribution in [0.25, 0.3) is 10.2 Å². The summed E-state index contributed by atoms with van der Waals surface area (Å²) in [6, 6.07) is 10.1. The number of fused-ring (bicyclic) bond motifs is 1. The second-order valence-corrected chi connectivity index (χ2v) is 7.20. The molecule has 0 aliphatic rings. The molecule has 3 aromatic rings. The fraction of sp³-hybridized carbons (Fsp3) is 0.133. The molecule has 3 nitrogen and oxygen atoms in total. The van der Waals surface area contributed by atoms with E-state index >= 15 is 0 Å². The molecule has 0 radical (unpaired) electrons. The molecule has 21 heavy (non-hydrogen) atoms. The van der Waals surface area contributed by atoms with E-state index in [0.29, 0.717) is 4.99 Å². The molecule has 2 heterocycles. The topological polar surface area (TPSA) is 51.8 Å². The summed E-state index contributed by atoms with van der Waals surface area (Å²) in [6.07, 6.45) is 1.63. The molecule has 3 rings (SSSR count). The van der Waals surface area contributed by atoms with Gasteiger partial charge in [0, 0.05) is 21.6 Å². The van der Waals surface area contributed by atoms with Gasteiger partial charge in [-0.3, -0.25) is 0 Å². The van der Waals surface area contributed by atoms with Crippen LogP contribution in [0, 0.1) is 6.92 Å². The third kappa shape index (κ3) is 3.07. The van der Waals surface area contributed by atoms with Crippen LogP contribution in [0.4, 0.5) is 0 Å². The van der Waals surface area contributed by atoms with Gasteiger partial charge in [0.15, 0.2) is 0 Å². The summed E-state index contributed by atoms with van der Waals surface area (Å²) in [6.45, 7) is 2.09. The van der Waals surface area contributed by atoms with E-state index < -0.39 is 0 Å². The minimum absolute atomic E-state index is 0.436. The number of thiophene rings is 1. The zero-order valence-corrected chi connectivity index (χ0v) is 13.8. The second-order valence-electron chi connectivity index (χ2n) is 4.56. The molecular formula is C15H13N3S3. The lowest BCUT2D eigenvalue weighted by Crippen LogP contribution is -2.11. The maximum Gasteiger partial charge on any atom is 0.128 e. The van der Waals surface area contributed by atoms with Gasteiger partial charge in [-0.25, -0.2) is 9.97 Å². The Morgan fingerprint density at radius 2 is 2.14 bits per heavy atom. The van der Waals surface area contributed by atoms with Crippen molar-refractivity contribution in [1.29, 1.82) is 0 Å². The van der Waals surface area contributed by atoms with Crippen LogP contribution in [0.5, 0.6) is 0 Å². The maximum atomic E-state index is 5.78. The molecule has 2 N–H and O–H groups in total. The zero-order valence-electron chi connectivity index (χ0n) is 11.4. The van der Waals surface area contributed by atoms with Gasteiger partial charge in [0.2, 0.25) is 0 Å². The molecular weight excluding hydrogens is 318 g/mol. The number of benzene rings is 1. The van der Waals surface area contributed by atoms with E-state index in [2.05, 4.69) is 29.0 Å². The molecule has 0 unspecified atom stereocenters. The van der Waals surface area contributed by atoms with Gasteiger partial charge in [0.1, 0.15) is 21.2 Å². The van der Waals surface area contributed by atoms with Crippen LogP contribution in [-0.2, 0) is 5.75 Å². The number of aryl methyl sites for hydroxylation is 1. The van der Waals surface area contributed by atoms with Crippen LogP contribution in [0.1, 0.15) is 16.0 Å². The fourth-order valence-electron chi connectivity index (χ4n) is 2.10.